The van der Waals surface area contributed by atoms with Gasteiger partial charge in [0.1, 0.15) is 5.69 Å². The SMILES string of the molecule is CN(C)Cc1ccc(C(=O)NCc2ccccc2-c2cnn(C)c2)[nH]1. The number of H-pyrrole nitrogens is 1. The van der Waals surface area contributed by atoms with Crippen molar-refractivity contribution in [2.24, 2.45) is 7.05 Å². The van der Waals surface area contributed by atoms with Gasteiger partial charge in [-0.25, -0.2) is 0 Å². The predicted molar refractivity (Wildman–Crippen MR) is 98.0 cm³/mol. The van der Waals surface area contributed by atoms with Crippen LogP contribution < -0.4 is 5.32 Å². The van der Waals surface area contributed by atoms with Crippen LogP contribution in [0.5, 0.6) is 0 Å². The molecule has 1 amide bonds. The zero-order valence-corrected chi connectivity index (χ0v) is 14.8. The summed E-state index contributed by atoms with van der Waals surface area (Å²) in [5, 5.41) is 7.21. The summed E-state index contributed by atoms with van der Waals surface area (Å²) in [7, 11) is 5.89. The first-order chi connectivity index (χ1) is 12.0. The maximum atomic E-state index is 12.4. The summed E-state index contributed by atoms with van der Waals surface area (Å²) in [6, 6.07) is 11.8. The van der Waals surface area contributed by atoms with Gasteiger partial charge in [0.2, 0.25) is 0 Å². The minimum atomic E-state index is -0.106. The molecule has 0 aliphatic carbocycles. The number of hydrogen-bond donors (Lipinski definition) is 2. The Morgan fingerprint density at radius 1 is 1.24 bits per heavy atom. The van der Waals surface area contributed by atoms with Gasteiger partial charge >= 0.3 is 0 Å². The lowest BCUT2D eigenvalue weighted by Crippen LogP contribution is -2.23. The van der Waals surface area contributed by atoms with E-state index >= 15 is 0 Å². The molecule has 0 fully saturated rings. The number of aryl methyl sites for hydroxylation is 1. The molecule has 0 radical (unpaired) electrons. The van der Waals surface area contributed by atoms with Crippen LogP contribution in [0.3, 0.4) is 0 Å². The van der Waals surface area contributed by atoms with E-state index in [9.17, 15) is 4.79 Å². The standard InChI is InChI=1S/C19H23N5O/c1-23(2)13-16-8-9-18(22-16)19(25)20-10-14-6-4-5-7-17(14)15-11-21-24(3)12-15/h4-9,11-12,22H,10,13H2,1-3H3,(H,20,25). The zero-order chi connectivity index (χ0) is 17.8. The van der Waals surface area contributed by atoms with E-state index in [1.165, 1.54) is 0 Å². The summed E-state index contributed by atoms with van der Waals surface area (Å²) in [5.74, 6) is -0.106. The van der Waals surface area contributed by atoms with Crippen LogP contribution in [0.25, 0.3) is 11.1 Å². The van der Waals surface area contributed by atoms with E-state index in [0.29, 0.717) is 12.2 Å². The van der Waals surface area contributed by atoms with Gasteiger partial charge in [0, 0.05) is 37.6 Å². The number of nitrogens with zero attached hydrogens (tertiary/aromatic N) is 3. The number of benzene rings is 1. The zero-order valence-electron chi connectivity index (χ0n) is 14.8. The average molecular weight is 337 g/mol. The Balaban J connectivity index is 1.69. The van der Waals surface area contributed by atoms with Crippen molar-refractivity contribution < 1.29 is 4.79 Å². The fourth-order valence-corrected chi connectivity index (χ4v) is 2.79. The number of amides is 1. The number of carbonyl (C=O) groups excluding carboxylic acids is 1. The molecule has 0 spiro atoms. The van der Waals surface area contributed by atoms with Crippen LogP contribution in [0.15, 0.2) is 48.8 Å². The summed E-state index contributed by atoms with van der Waals surface area (Å²) >= 11 is 0. The summed E-state index contributed by atoms with van der Waals surface area (Å²) in [6.45, 7) is 1.24. The normalized spacial score (nSPS) is 11.0. The minimum absolute atomic E-state index is 0.106. The second kappa shape index (κ2) is 7.36. The van der Waals surface area contributed by atoms with E-state index in [2.05, 4.69) is 20.3 Å². The highest BCUT2D eigenvalue weighted by Crippen LogP contribution is 2.22. The van der Waals surface area contributed by atoms with E-state index in [1.54, 1.807) is 4.68 Å². The first-order valence-corrected chi connectivity index (χ1v) is 8.20. The van der Waals surface area contributed by atoms with E-state index in [1.807, 2.05) is 69.9 Å². The molecule has 3 aromatic rings. The third-order valence-electron chi connectivity index (χ3n) is 3.95. The van der Waals surface area contributed by atoms with Gasteiger partial charge in [-0.05, 0) is 37.4 Å². The molecule has 0 bridgehead atoms. The van der Waals surface area contributed by atoms with Crippen molar-refractivity contribution in [3.05, 3.63) is 65.7 Å². The molecule has 0 unspecified atom stereocenters. The second-order valence-corrected chi connectivity index (χ2v) is 6.38. The Kier molecular flexibility index (Phi) is 5.00. The Morgan fingerprint density at radius 3 is 2.76 bits per heavy atom. The third-order valence-corrected chi connectivity index (χ3v) is 3.95. The maximum Gasteiger partial charge on any atom is 0.267 e. The maximum absolute atomic E-state index is 12.4. The van der Waals surface area contributed by atoms with Crippen molar-refractivity contribution in [1.29, 1.82) is 0 Å². The number of aromatic amines is 1. The average Bonchev–Trinajstić information content (AvgIpc) is 3.21. The topological polar surface area (TPSA) is 66.0 Å². The van der Waals surface area contributed by atoms with Gasteiger partial charge < -0.3 is 15.2 Å². The van der Waals surface area contributed by atoms with Gasteiger partial charge in [-0.15, -0.1) is 0 Å². The lowest BCUT2D eigenvalue weighted by Gasteiger charge is -2.09. The summed E-state index contributed by atoms with van der Waals surface area (Å²) in [6.07, 6.45) is 3.80. The molecule has 2 aromatic heterocycles. The molecule has 0 saturated carbocycles. The molecule has 2 heterocycles. The highest BCUT2D eigenvalue weighted by Gasteiger charge is 2.11. The number of aromatic nitrogens is 3. The quantitative estimate of drug-likeness (QED) is 0.726. The van der Waals surface area contributed by atoms with Crippen molar-refractivity contribution in [2.75, 3.05) is 14.1 Å². The summed E-state index contributed by atoms with van der Waals surface area (Å²) in [5.41, 5.74) is 4.78. The second-order valence-electron chi connectivity index (χ2n) is 6.38. The van der Waals surface area contributed by atoms with E-state index in [-0.39, 0.29) is 5.91 Å². The summed E-state index contributed by atoms with van der Waals surface area (Å²) in [4.78, 5) is 17.6. The molecule has 6 nitrogen and oxygen atoms in total. The Bertz CT molecular complexity index is 862. The van der Waals surface area contributed by atoms with Crippen LogP contribution in [-0.4, -0.2) is 39.7 Å². The number of nitrogens with one attached hydrogen (secondary N) is 2. The van der Waals surface area contributed by atoms with Crippen molar-refractivity contribution in [3.8, 4) is 11.1 Å². The molecule has 0 saturated heterocycles. The van der Waals surface area contributed by atoms with Crippen molar-refractivity contribution in [1.82, 2.24) is 25.0 Å². The van der Waals surface area contributed by atoms with Crippen molar-refractivity contribution in [2.45, 2.75) is 13.1 Å². The molecule has 0 aliphatic rings. The Morgan fingerprint density at radius 2 is 2.04 bits per heavy atom. The monoisotopic (exact) mass is 337 g/mol. The van der Waals surface area contributed by atoms with E-state index in [0.717, 1.165) is 28.9 Å². The molecular weight excluding hydrogens is 314 g/mol. The van der Waals surface area contributed by atoms with E-state index in [4.69, 9.17) is 0 Å². The van der Waals surface area contributed by atoms with E-state index < -0.39 is 0 Å². The number of hydrogen-bond acceptors (Lipinski definition) is 3. The Labute approximate surface area is 147 Å². The molecule has 0 aliphatic heterocycles. The van der Waals surface area contributed by atoms with Gasteiger partial charge in [-0.1, -0.05) is 24.3 Å². The lowest BCUT2D eigenvalue weighted by atomic mass is 10.0. The smallest absolute Gasteiger partial charge is 0.267 e. The molecule has 2 N–H and O–H groups in total. The summed E-state index contributed by atoms with van der Waals surface area (Å²) < 4.78 is 1.77. The number of carbonyl (C=O) groups is 1. The first-order valence-electron chi connectivity index (χ1n) is 8.20. The molecule has 3 rings (SSSR count). The van der Waals surface area contributed by atoms with Gasteiger partial charge in [0.15, 0.2) is 0 Å². The van der Waals surface area contributed by atoms with Crippen LogP contribution in [0.2, 0.25) is 0 Å². The largest absolute Gasteiger partial charge is 0.353 e. The number of rotatable bonds is 6. The molecule has 1 aromatic carbocycles. The first kappa shape index (κ1) is 17.0. The van der Waals surface area contributed by atoms with Gasteiger partial charge in [-0.2, -0.15) is 5.10 Å². The van der Waals surface area contributed by atoms with Crippen LogP contribution in [0.4, 0.5) is 0 Å². The van der Waals surface area contributed by atoms with Gasteiger partial charge in [0.25, 0.3) is 5.91 Å². The molecule has 0 atom stereocenters. The lowest BCUT2D eigenvalue weighted by molar-refractivity contribution is 0.0946. The van der Waals surface area contributed by atoms with Gasteiger partial charge in [0.05, 0.1) is 6.20 Å². The third kappa shape index (κ3) is 4.16. The molecule has 6 heteroatoms. The van der Waals surface area contributed by atoms with Crippen LogP contribution in [0.1, 0.15) is 21.7 Å². The fraction of sp³-hybridized carbons (Fsp3) is 0.263. The molecule has 25 heavy (non-hydrogen) atoms. The van der Waals surface area contributed by atoms with Gasteiger partial charge in [-0.3, -0.25) is 9.48 Å². The Hall–Kier alpha value is -2.86. The highest BCUT2D eigenvalue weighted by molar-refractivity contribution is 5.92. The molecular formula is C19H23N5O. The molecule has 130 valence electrons. The highest BCUT2D eigenvalue weighted by atomic mass is 16.1. The van der Waals surface area contributed by atoms with Crippen LogP contribution in [-0.2, 0) is 20.1 Å². The minimum Gasteiger partial charge on any atom is -0.353 e. The van der Waals surface area contributed by atoms with Crippen LogP contribution >= 0.6 is 0 Å². The predicted octanol–water partition coefficient (Wildman–Crippen LogP) is 2.41. The van der Waals surface area contributed by atoms with Crippen molar-refractivity contribution >= 4 is 5.91 Å². The van der Waals surface area contributed by atoms with Crippen molar-refractivity contribution in [3.63, 3.8) is 0 Å². The van der Waals surface area contributed by atoms with Crippen LogP contribution in [0, 0.1) is 0 Å². The fourth-order valence-electron chi connectivity index (χ4n) is 2.79.